The largest absolute Gasteiger partial charge is 0.445 e. The molecule has 2 heterocycles. The fourth-order valence-corrected chi connectivity index (χ4v) is 3.12. The zero-order chi connectivity index (χ0) is 16.4. The highest BCUT2D eigenvalue weighted by molar-refractivity contribution is 5.84. The smallest absolute Gasteiger partial charge is 0.410 e. The Morgan fingerprint density at radius 1 is 1.43 bits per heavy atom. The van der Waals surface area contributed by atoms with Crippen LogP contribution in [0.2, 0.25) is 0 Å². The molecule has 2 aliphatic rings. The molecule has 2 saturated heterocycles. The van der Waals surface area contributed by atoms with Crippen LogP contribution in [0, 0.1) is 0 Å². The van der Waals surface area contributed by atoms with E-state index in [0.717, 1.165) is 5.56 Å². The number of fused-ring (bicyclic) bond motifs is 1. The normalized spacial score (nSPS) is 27.0. The first-order valence-corrected chi connectivity index (χ1v) is 7.56. The summed E-state index contributed by atoms with van der Waals surface area (Å²) in [5.74, 6) is -0.244. The van der Waals surface area contributed by atoms with Gasteiger partial charge in [-0.05, 0) is 12.5 Å². The SMILES string of the molecule is C[C@]12CN(C(=O)OCc3ccccc3)CC(=O)N1[C@H](CO)CO2. The van der Waals surface area contributed by atoms with E-state index >= 15 is 0 Å². The van der Waals surface area contributed by atoms with Crippen LogP contribution < -0.4 is 0 Å². The van der Waals surface area contributed by atoms with Crippen molar-refractivity contribution in [1.29, 1.82) is 0 Å². The van der Waals surface area contributed by atoms with E-state index in [9.17, 15) is 14.7 Å². The van der Waals surface area contributed by atoms with E-state index in [1.165, 1.54) is 9.80 Å². The molecule has 2 amide bonds. The lowest BCUT2D eigenvalue weighted by Crippen LogP contribution is -2.64. The van der Waals surface area contributed by atoms with Crippen molar-refractivity contribution in [2.75, 3.05) is 26.3 Å². The summed E-state index contributed by atoms with van der Waals surface area (Å²) in [6, 6.07) is 9.00. The third-order valence-electron chi connectivity index (χ3n) is 4.21. The van der Waals surface area contributed by atoms with Gasteiger partial charge in [0, 0.05) is 0 Å². The third-order valence-corrected chi connectivity index (χ3v) is 4.21. The van der Waals surface area contributed by atoms with Crippen LogP contribution in [0.15, 0.2) is 30.3 Å². The summed E-state index contributed by atoms with van der Waals surface area (Å²) in [5.41, 5.74) is -0.0245. The molecule has 0 aliphatic carbocycles. The van der Waals surface area contributed by atoms with E-state index in [1.54, 1.807) is 6.92 Å². The second-order valence-electron chi connectivity index (χ2n) is 5.98. The zero-order valence-electron chi connectivity index (χ0n) is 13.0. The standard InChI is InChI=1S/C16H20N2O5/c1-16-11-17(7-14(20)18(16)13(8-19)10-23-16)15(21)22-9-12-5-3-2-4-6-12/h2-6,13,19H,7-11H2,1H3/t13-,16+/m1/s1. The molecule has 7 nitrogen and oxygen atoms in total. The fourth-order valence-electron chi connectivity index (χ4n) is 3.12. The Balaban J connectivity index is 1.63. The molecule has 0 unspecified atom stereocenters. The Morgan fingerprint density at radius 3 is 2.87 bits per heavy atom. The molecule has 23 heavy (non-hydrogen) atoms. The summed E-state index contributed by atoms with van der Waals surface area (Å²) in [5, 5.41) is 9.34. The van der Waals surface area contributed by atoms with Crippen molar-refractivity contribution in [2.45, 2.75) is 25.3 Å². The number of hydrogen-bond donors (Lipinski definition) is 1. The molecule has 0 saturated carbocycles. The van der Waals surface area contributed by atoms with E-state index < -0.39 is 11.8 Å². The minimum atomic E-state index is -0.908. The molecule has 7 heteroatoms. The van der Waals surface area contributed by atoms with Gasteiger partial charge in [0.2, 0.25) is 5.91 Å². The van der Waals surface area contributed by atoms with Crippen LogP contribution in [0.3, 0.4) is 0 Å². The lowest BCUT2D eigenvalue weighted by molar-refractivity contribution is -0.163. The second-order valence-corrected chi connectivity index (χ2v) is 5.98. The maximum Gasteiger partial charge on any atom is 0.410 e. The topological polar surface area (TPSA) is 79.3 Å². The average Bonchev–Trinajstić information content (AvgIpc) is 2.90. The summed E-state index contributed by atoms with van der Waals surface area (Å²) >= 11 is 0. The quantitative estimate of drug-likeness (QED) is 0.881. The first-order chi connectivity index (χ1) is 11.0. The predicted molar refractivity (Wildman–Crippen MR) is 80.3 cm³/mol. The zero-order valence-corrected chi connectivity index (χ0v) is 13.0. The van der Waals surface area contributed by atoms with Crippen molar-refractivity contribution in [3.8, 4) is 0 Å². The Bertz CT molecular complexity index is 593. The van der Waals surface area contributed by atoms with Gasteiger partial charge in [0.15, 0.2) is 5.72 Å². The fraction of sp³-hybridized carbons (Fsp3) is 0.500. The molecule has 0 bridgehead atoms. The Morgan fingerprint density at radius 2 is 2.17 bits per heavy atom. The minimum Gasteiger partial charge on any atom is -0.445 e. The highest BCUT2D eigenvalue weighted by Gasteiger charge is 2.52. The lowest BCUT2D eigenvalue weighted by Gasteiger charge is -2.44. The van der Waals surface area contributed by atoms with Gasteiger partial charge >= 0.3 is 6.09 Å². The van der Waals surface area contributed by atoms with Crippen LogP contribution >= 0.6 is 0 Å². The predicted octanol–water partition coefficient (Wildman–Crippen LogP) is 0.575. The molecule has 124 valence electrons. The number of piperazine rings is 1. The van der Waals surface area contributed by atoms with E-state index in [-0.39, 0.29) is 44.9 Å². The molecule has 0 spiro atoms. The Kier molecular flexibility index (Phi) is 4.23. The van der Waals surface area contributed by atoms with Gasteiger partial charge < -0.3 is 19.5 Å². The van der Waals surface area contributed by atoms with Crippen LogP contribution in [0.25, 0.3) is 0 Å². The maximum absolute atomic E-state index is 12.3. The molecule has 1 aromatic carbocycles. The monoisotopic (exact) mass is 320 g/mol. The van der Waals surface area contributed by atoms with Crippen molar-refractivity contribution in [3.05, 3.63) is 35.9 Å². The van der Waals surface area contributed by atoms with Crippen LogP contribution in [0.5, 0.6) is 0 Å². The average molecular weight is 320 g/mol. The number of hydrogen-bond acceptors (Lipinski definition) is 5. The van der Waals surface area contributed by atoms with Gasteiger partial charge in [-0.25, -0.2) is 4.79 Å². The number of aliphatic hydroxyl groups excluding tert-OH is 1. The van der Waals surface area contributed by atoms with Crippen LogP contribution in [0.1, 0.15) is 12.5 Å². The summed E-state index contributed by atoms with van der Waals surface area (Å²) in [6.07, 6.45) is -0.542. The maximum atomic E-state index is 12.3. The van der Waals surface area contributed by atoms with Crippen molar-refractivity contribution in [3.63, 3.8) is 0 Å². The molecule has 3 rings (SSSR count). The molecular weight excluding hydrogens is 300 g/mol. The number of benzene rings is 1. The summed E-state index contributed by atoms with van der Waals surface area (Å²) in [6.45, 7) is 2.18. The molecule has 2 fully saturated rings. The number of ether oxygens (including phenoxy) is 2. The number of carbonyl (C=O) groups is 2. The number of amides is 2. The molecule has 2 atom stereocenters. The molecular formula is C16H20N2O5. The summed E-state index contributed by atoms with van der Waals surface area (Å²) in [4.78, 5) is 27.4. The number of carbonyl (C=O) groups excluding carboxylic acids is 2. The molecule has 1 N–H and O–H groups in total. The second kappa shape index (κ2) is 6.17. The lowest BCUT2D eigenvalue weighted by atomic mass is 10.1. The van der Waals surface area contributed by atoms with E-state index in [4.69, 9.17) is 9.47 Å². The highest BCUT2D eigenvalue weighted by Crippen LogP contribution is 2.32. The van der Waals surface area contributed by atoms with E-state index in [1.807, 2.05) is 30.3 Å². The van der Waals surface area contributed by atoms with Crippen molar-refractivity contribution >= 4 is 12.0 Å². The van der Waals surface area contributed by atoms with Gasteiger partial charge in [-0.3, -0.25) is 9.69 Å². The molecule has 1 aromatic rings. The van der Waals surface area contributed by atoms with Crippen molar-refractivity contribution < 1.29 is 24.2 Å². The van der Waals surface area contributed by atoms with E-state index in [2.05, 4.69) is 0 Å². The minimum absolute atomic E-state index is 0.0664. The Hall–Kier alpha value is -2.12. The first kappa shape index (κ1) is 15.8. The molecule has 0 aromatic heterocycles. The van der Waals surface area contributed by atoms with Gasteiger partial charge in [0.1, 0.15) is 13.2 Å². The van der Waals surface area contributed by atoms with Gasteiger partial charge in [0.25, 0.3) is 0 Å². The van der Waals surface area contributed by atoms with Crippen molar-refractivity contribution in [2.24, 2.45) is 0 Å². The van der Waals surface area contributed by atoms with Crippen molar-refractivity contribution in [1.82, 2.24) is 9.80 Å². The van der Waals surface area contributed by atoms with Crippen LogP contribution in [-0.2, 0) is 20.9 Å². The summed E-state index contributed by atoms with van der Waals surface area (Å²) in [7, 11) is 0. The Labute approximate surface area is 134 Å². The number of rotatable bonds is 3. The van der Waals surface area contributed by atoms with Gasteiger partial charge in [-0.15, -0.1) is 0 Å². The van der Waals surface area contributed by atoms with Gasteiger partial charge in [-0.2, -0.15) is 0 Å². The first-order valence-electron chi connectivity index (χ1n) is 7.56. The van der Waals surface area contributed by atoms with E-state index in [0.29, 0.717) is 0 Å². The third kappa shape index (κ3) is 3.02. The van der Waals surface area contributed by atoms with Crippen LogP contribution in [-0.4, -0.2) is 65.0 Å². The molecule has 0 radical (unpaired) electrons. The number of nitrogens with zero attached hydrogens (tertiary/aromatic N) is 2. The molecule has 2 aliphatic heterocycles. The van der Waals surface area contributed by atoms with Gasteiger partial charge in [-0.1, -0.05) is 30.3 Å². The van der Waals surface area contributed by atoms with Crippen LogP contribution in [0.4, 0.5) is 4.79 Å². The number of aliphatic hydroxyl groups is 1. The highest BCUT2D eigenvalue weighted by atomic mass is 16.6. The summed E-state index contributed by atoms with van der Waals surface area (Å²) < 4.78 is 10.9. The van der Waals surface area contributed by atoms with Gasteiger partial charge in [0.05, 0.1) is 25.8 Å².